The first-order chi connectivity index (χ1) is 8.22. The van der Waals surface area contributed by atoms with Gasteiger partial charge in [0, 0.05) is 25.2 Å². The second kappa shape index (κ2) is 4.58. The molecular formula is C13H22N2O2. The Morgan fingerprint density at radius 3 is 2.59 bits per heavy atom. The van der Waals surface area contributed by atoms with Crippen molar-refractivity contribution in [2.24, 2.45) is 5.92 Å². The van der Waals surface area contributed by atoms with Gasteiger partial charge in [0.15, 0.2) is 0 Å². The molecular weight excluding hydrogens is 216 g/mol. The van der Waals surface area contributed by atoms with Crippen molar-refractivity contribution in [1.29, 1.82) is 0 Å². The number of rotatable bonds is 2. The molecule has 3 aliphatic rings. The van der Waals surface area contributed by atoms with Gasteiger partial charge in [0.1, 0.15) is 6.10 Å². The lowest BCUT2D eigenvalue weighted by atomic mass is 9.89. The average molecular weight is 238 g/mol. The molecule has 17 heavy (non-hydrogen) atoms. The monoisotopic (exact) mass is 238 g/mol. The van der Waals surface area contributed by atoms with Crippen LogP contribution in [0.2, 0.25) is 0 Å². The zero-order valence-corrected chi connectivity index (χ0v) is 10.5. The minimum atomic E-state index is 0.0549. The molecule has 0 spiro atoms. The molecule has 0 aromatic carbocycles. The lowest BCUT2D eigenvalue weighted by Crippen LogP contribution is -2.38. The van der Waals surface area contributed by atoms with Crippen LogP contribution in [0.5, 0.6) is 0 Å². The summed E-state index contributed by atoms with van der Waals surface area (Å²) < 4.78 is 5.67. The number of carbonyl (C=O) groups excluding carboxylic acids is 1. The third-order valence-electron chi connectivity index (χ3n) is 4.55. The van der Waals surface area contributed by atoms with E-state index in [0.717, 1.165) is 38.8 Å². The molecule has 96 valence electrons. The summed E-state index contributed by atoms with van der Waals surface area (Å²) >= 11 is 0. The van der Waals surface area contributed by atoms with Crippen LogP contribution >= 0.6 is 0 Å². The molecule has 4 heteroatoms. The molecule has 4 nitrogen and oxygen atoms in total. The molecule has 3 aliphatic heterocycles. The maximum atomic E-state index is 12.1. The highest BCUT2D eigenvalue weighted by molar-refractivity contribution is 5.74. The van der Waals surface area contributed by atoms with Crippen LogP contribution in [0.15, 0.2) is 0 Å². The topological polar surface area (TPSA) is 41.6 Å². The van der Waals surface area contributed by atoms with E-state index >= 15 is 0 Å². The van der Waals surface area contributed by atoms with E-state index in [1.54, 1.807) is 0 Å². The Balaban J connectivity index is 1.50. The normalized spacial score (nSPS) is 38.5. The zero-order valence-electron chi connectivity index (χ0n) is 10.5. The van der Waals surface area contributed by atoms with E-state index in [9.17, 15) is 4.79 Å². The number of esters is 1. The number of nitrogens with zero attached hydrogens (tertiary/aromatic N) is 1. The number of nitrogens with one attached hydrogen (secondary N) is 1. The first-order valence-electron chi connectivity index (χ1n) is 6.87. The van der Waals surface area contributed by atoms with Crippen molar-refractivity contribution >= 4 is 5.97 Å². The first kappa shape index (κ1) is 11.5. The number of ether oxygens (including phenoxy) is 1. The number of fused-ring (bicyclic) bond motifs is 2. The summed E-state index contributed by atoms with van der Waals surface area (Å²) in [6.07, 6.45) is 5.54. The van der Waals surface area contributed by atoms with Gasteiger partial charge in [-0.25, -0.2) is 0 Å². The third-order valence-corrected chi connectivity index (χ3v) is 4.55. The van der Waals surface area contributed by atoms with Crippen LogP contribution in [0.3, 0.4) is 0 Å². The van der Waals surface area contributed by atoms with Gasteiger partial charge in [-0.3, -0.25) is 4.79 Å². The van der Waals surface area contributed by atoms with Gasteiger partial charge in [0.2, 0.25) is 0 Å². The van der Waals surface area contributed by atoms with Crippen molar-refractivity contribution in [1.82, 2.24) is 10.2 Å². The minimum absolute atomic E-state index is 0.0549. The van der Waals surface area contributed by atoms with Gasteiger partial charge in [-0.1, -0.05) is 0 Å². The fourth-order valence-corrected chi connectivity index (χ4v) is 3.44. The number of hydrogen-bond acceptors (Lipinski definition) is 4. The molecule has 0 aromatic heterocycles. The predicted molar refractivity (Wildman–Crippen MR) is 64.7 cm³/mol. The molecule has 0 aliphatic carbocycles. The van der Waals surface area contributed by atoms with Crippen LogP contribution in [0.4, 0.5) is 0 Å². The van der Waals surface area contributed by atoms with Gasteiger partial charge in [0.05, 0.1) is 5.92 Å². The largest absolute Gasteiger partial charge is 0.462 e. The molecule has 0 saturated carbocycles. The van der Waals surface area contributed by atoms with Crippen molar-refractivity contribution in [2.45, 2.75) is 50.3 Å². The first-order valence-corrected chi connectivity index (χ1v) is 6.87. The van der Waals surface area contributed by atoms with E-state index in [4.69, 9.17) is 4.74 Å². The SMILES string of the molecule is CN1CCC(OC(=O)C2CC3CCC2N3)CC1. The van der Waals surface area contributed by atoms with Crippen LogP contribution in [0.25, 0.3) is 0 Å². The molecule has 0 aromatic rings. The molecule has 0 amide bonds. The molecule has 3 fully saturated rings. The highest BCUT2D eigenvalue weighted by Gasteiger charge is 2.44. The van der Waals surface area contributed by atoms with Gasteiger partial charge >= 0.3 is 5.97 Å². The number of carbonyl (C=O) groups is 1. The van der Waals surface area contributed by atoms with Gasteiger partial charge in [-0.05, 0) is 39.2 Å². The van der Waals surface area contributed by atoms with Gasteiger partial charge in [-0.15, -0.1) is 0 Å². The number of piperidine rings is 1. The second-order valence-corrected chi connectivity index (χ2v) is 5.83. The Bertz CT molecular complexity index is 300. The van der Waals surface area contributed by atoms with E-state index in [1.807, 2.05) is 0 Å². The maximum Gasteiger partial charge on any atom is 0.310 e. The quantitative estimate of drug-likeness (QED) is 0.721. The van der Waals surface area contributed by atoms with Gasteiger partial charge in [-0.2, -0.15) is 0 Å². The van der Waals surface area contributed by atoms with Crippen LogP contribution in [-0.4, -0.2) is 49.2 Å². The van der Waals surface area contributed by atoms with E-state index in [1.165, 1.54) is 6.42 Å². The van der Waals surface area contributed by atoms with Crippen molar-refractivity contribution in [3.63, 3.8) is 0 Å². The van der Waals surface area contributed by atoms with Crippen molar-refractivity contribution in [2.75, 3.05) is 20.1 Å². The third kappa shape index (κ3) is 2.33. The standard InChI is InChI=1S/C13H22N2O2/c1-15-6-4-10(5-7-15)17-13(16)11-8-9-2-3-12(11)14-9/h9-12,14H,2-8H2,1H3. The summed E-state index contributed by atoms with van der Waals surface area (Å²) in [5.41, 5.74) is 0. The van der Waals surface area contributed by atoms with Crippen LogP contribution in [-0.2, 0) is 9.53 Å². The fraction of sp³-hybridized carbons (Fsp3) is 0.923. The second-order valence-electron chi connectivity index (χ2n) is 5.83. The average Bonchev–Trinajstić information content (AvgIpc) is 2.94. The fourth-order valence-electron chi connectivity index (χ4n) is 3.44. The summed E-state index contributed by atoms with van der Waals surface area (Å²) in [5.74, 6) is 0.188. The van der Waals surface area contributed by atoms with E-state index in [0.29, 0.717) is 12.1 Å². The Hall–Kier alpha value is -0.610. The lowest BCUT2D eigenvalue weighted by Gasteiger charge is -2.30. The molecule has 0 radical (unpaired) electrons. The van der Waals surface area contributed by atoms with E-state index in [-0.39, 0.29) is 18.0 Å². The van der Waals surface area contributed by atoms with Crippen LogP contribution in [0.1, 0.15) is 32.1 Å². The van der Waals surface area contributed by atoms with Crippen LogP contribution < -0.4 is 5.32 Å². The number of hydrogen-bond donors (Lipinski definition) is 1. The van der Waals surface area contributed by atoms with Crippen molar-refractivity contribution < 1.29 is 9.53 Å². The molecule has 3 atom stereocenters. The molecule has 3 heterocycles. The summed E-state index contributed by atoms with van der Waals surface area (Å²) in [5, 5.41) is 3.49. The number of likely N-dealkylation sites (tertiary alicyclic amines) is 1. The smallest absolute Gasteiger partial charge is 0.310 e. The molecule has 3 unspecified atom stereocenters. The predicted octanol–water partition coefficient (Wildman–Crippen LogP) is 0.764. The Morgan fingerprint density at radius 2 is 2.00 bits per heavy atom. The Morgan fingerprint density at radius 1 is 1.24 bits per heavy atom. The highest BCUT2D eigenvalue weighted by atomic mass is 16.5. The maximum absolute atomic E-state index is 12.1. The summed E-state index contributed by atoms with van der Waals surface area (Å²) in [6, 6.07) is 0.980. The van der Waals surface area contributed by atoms with Crippen molar-refractivity contribution in [3.8, 4) is 0 Å². The van der Waals surface area contributed by atoms with Crippen molar-refractivity contribution in [3.05, 3.63) is 0 Å². The molecule has 3 rings (SSSR count). The van der Waals surface area contributed by atoms with Gasteiger partial charge in [0.25, 0.3) is 0 Å². The van der Waals surface area contributed by atoms with E-state index in [2.05, 4.69) is 17.3 Å². The molecule has 2 bridgehead atoms. The highest BCUT2D eigenvalue weighted by Crippen LogP contribution is 2.34. The summed E-state index contributed by atoms with van der Waals surface area (Å²) in [6.45, 7) is 2.10. The lowest BCUT2D eigenvalue weighted by molar-refractivity contribution is -0.156. The molecule has 3 saturated heterocycles. The summed E-state index contributed by atoms with van der Waals surface area (Å²) in [7, 11) is 2.12. The Labute approximate surface area is 103 Å². The molecule has 1 N–H and O–H groups in total. The zero-order chi connectivity index (χ0) is 11.8. The van der Waals surface area contributed by atoms with Gasteiger partial charge < -0.3 is 15.0 Å². The Kier molecular flexibility index (Phi) is 3.09. The minimum Gasteiger partial charge on any atom is -0.462 e. The summed E-state index contributed by atoms with van der Waals surface area (Å²) in [4.78, 5) is 14.4. The van der Waals surface area contributed by atoms with E-state index < -0.39 is 0 Å². The van der Waals surface area contributed by atoms with Crippen LogP contribution in [0, 0.1) is 5.92 Å².